The van der Waals surface area contributed by atoms with Crippen LogP contribution in [0, 0.1) is 0 Å². The Kier molecular flexibility index (Phi) is 9.84. The van der Waals surface area contributed by atoms with Crippen LogP contribution in [0.25, 0.3) is 0 Å². The smallest absolute Gasteiger partial charge is 0.317 e. The predicted molar refractivity (Wildman–Crippen MR) is 133 cm³/mol. The number of aliphatic hydroxyl groups is 1. The molecule has 0 spiro atoms. The van der Waals surface area contributed by atoms with Gasteiger partial charge >= 0.3 is 6.03 Å². The Morgan fingerprint density at radius 3 is 2.84 bits per heavy atom. The van der Waals surface area contributed by atoms with Gasteiger partial charge in [0.25, 0.3) is 0 Å². The molecule has 3 aliphatic rings. The molecule has 1 aromatic carbocycles. The highest BCUT2D eigenvalue weighted by molar-refractivity contribution is 7.99. The van der Waals surface area contributed by atoms with Gasteiger partial charge in [-0.15, -0.1) is 0 Å². The molecule has 2 atom stereocenters. The highest BCUT2D eigenvalue weighted by Gasteiger charge is 2.28. The summed E-state index contributed by atoms with van der Waals surface area (Å²) in [7, 11) is 0. The maximum absolute atomic E-state index is 12.7. The number of rotatable bonds is 5. The fourth-order valence-electron chi connectivity index (χ4n) is 4.96. The zero-order valence-electron chi connectivity index (χ0n) is 18.5. The van der Waals surface area contributed by atoms with Crippen molar-refractivity contribution in [2.45, 2.75) is 44.4 Å². The van der Waals surface area contributed by atoms with Crippen molar-refractivity contribution < 1.29 is 9.90 Å². The second kappa shape index (κ2) is 12.3. The first-order valence-electron chi connectivity index (χ1n) is 11.5. The molecule has 8 heteroatoms. The SMILES string of the molecule is O=C(NC[C@H](O)CN1CCc2ccccc2C1)N1CCCC(N2CCCSCC2)C1.S. The number of fused-ring (bicyclic) bond motifs is 1. The average molecular weight is 467 g/mol. The number of carbonyl (C=O) groups excluding carboxylic acids is 1. The zero-order chi connectivity index (χ0) is 20.8. The number of hydrogen-bond acceptors (Lipinski definition) is 5. The highest BCUT2D eigenvalue weighted by Crippen LogP contribution is 2.20. The number of benzene rings is 1. The first-order valence-corrected chi connectivity index (χ1v) is 12.7. The quantitative estimate of drug-likeness (QED) is 0.696. The predicted octanol–water partition coefficient (Wildman–Crippen LogP) is 2.13. The molecule has 3 aliphatic heterocycles. The van der Waals surface area contributed by atoms with Gasteiger partial charge in [-0.1, -0.05) is 24.3 Å². The summed E-state index contributed by atoms with van der Waals surface area (Å²) < 4.78 is 0. The van der Waals surface area contributed by atoms with Crippen molar-refractivity contribution in [3.8, 4) is 0 Å². The molecule has 0 bridgehead atoms. The number of urea groups is 1. The minimum Gasteiger partial charge on any atom is -0.390 e. The normalized spacial score (nSPS) is 23.9. The summed E-state index contributed by atoms with van der Waals surface area (Å²) in [5, 5.41) is 13.5. The van der Waals surface area contributed by atoms with E-state index in [0.717, 1.165) is 52.1 Å². The Balaban J connectivity index is 0.00000272. The number of β-amino-alcohol motifs (C(OH)–C–C–N with tert-alkyl or cyclic N) is 1. The van der Waals surface area contributed by atoms with Crippen molar-refractivity contribution in [2.75, 3.05) is 57.3 Å². The van der Waals surface area contributed by atoms with E-state index in [-0.39, 0.29) is 19.5 Å². The molecule has 2 N–H and O–H groups in total. The van der Waals surface area contributed by atoms with Crippen LogP contribution in [0.15, 0.2) is 24.3 Å². The monoisotopic (exact) mass is 466 g/mol. The van der Waals surface area contributed by atoms with E-state index in [4.69, 9.17) is 0 Å². The Bertz CT molecular complexity index is 700. The highest BCUT2D eigenvalue weighted by atomic mass is 32.2. The standard InChI is InChI=1S/C23H36N4O2S.H2S/c28-22(18-25-11-8-19-5-1-2-6-20(19)16-25)15-24-23(29)27-9-3-7-21(17-27)26-10-4-13-30-14-12-26;/h1-2,5-6,21-22,28H,3-4,7-18H2,(H,24,29);1H2/t21?,22-;/m0./s1. The van der Waals surface area contributed by atoms with E-state index in [2.05, 4.69) is 39.4 Å². The van der Waals surface area contributed by atoms with Crippen LogP contribution in [-0.4, -0.2) is 95.3 Å². The van der Waals surface area contributed by atoms with E-state index in [9.17, 15) is 9.90 Å². The topological polar surface area (TPSA) is 59.1 Å². The number of hydrogen-bond donors (Lipinski definition) is 2. The number of aliphatic hydroxyl groups excluding tert-OH is 1. The van der Waals surface area contributed by atoms with Crippen LogP contribution in [0.4, 0.5) is 4.79 Å². The molecule has 1 unspecified atom stereocenters. The molecule has 0 aliphatic carbocycles. The summed E-state index contributed by atoms with van der Waals surface area (Å²) in [6.45, 7) is 6.70. The molecular formula is C23H38N4O2S2. The molecule has 0 aromatic heterocycles. The maximum atomic E-state index is 12.7. The summed E-state index contributed by atoms with van der Waals surface area (Å²) >= 11 is 2.05. The van der Waals surface area contributed by atoms with Gasteiger partial charge in [-0.2, -0.15) is 25.3 Å². The molecule has 0 saturated carbocycles. The molecule has 1 aromatic rings. The molecule has 6 nitrogen and oxygen atoms in total. The molecule has 4 rings (SSSR count). The van der Waals surface area contributed by atoms with Crippen LogP contribution in [0.3, 0.4) is 0 Å². The third-order valence-electron chi connectivity index (χ3n) is 6.62. The van der Waals surface area contributed by atoms with Crippen LogP contribution in [0.1, 0.15) is 30.4 Å². The van der Waals surface area contributed by atoms with E-state index >= 15 is 0 Å². The van der Waals surface area contributed by atoms with Crippen molar-refractivity contribution in [1.29, 1.82) is 0 Å². The first kappa shape index (κ1) is 24.7. The van der Waals surface area contributed by atoms with E-state index in [1.807, 2.05) is 16.7 Å². The molecule has 174 valence electrons. The number of likely N-dealkylation sites (tertiary alicyclic amines) is 1. The van der Waals surface area contributed by atoms with E-state index in [0.29, 0.717) is 19.1 Å². The summed E-state index contributed by atoms with van der Waals surface area (Å²) in [6.07, 6.45) is 3.99. The van der Waals surface area contributed by atoms with Crippen LogP contribution < -0.4 is 5.32 Å². The molecule has 31 heavy (non-hydrogen) atoms. The number of amides is 2. The lowest BCUT2D eigenvalue weighted by Gasteiger charge is -2.39. The molecule has 3 heterocycles. The van der Waals surface area contributed by atoms with Gasteiger partial charge in [-0.05, 0) is 49.1 Å². The summed E-state index contributed by atoms with van der Waals surface area (Å²) in [4.78, 5) is 19.5. The van der Waals surface area contributed by atoms with E-state index in [1.165, 1.54) is 35.5 Å². The lowest BCUT2D eigenvalue weighted by Crippen LogP contribution is -2.53. The Labute approximate surface area is 198 Å². The fourth-order valence-corrected chi connectivity index (χ4v) is 5.86. The van der Waals surface area contributed by atoms with Crippen LogP contribution in [-0.2, 0) is 13.0 Å². The summed E-state index contributed by atoms with van der Waals surface area (Å²) in [6, 6.07) is 9.00. The largest absolute Gasteiger partial charge is 0.390 e. The number of nitrogens with zero attached hydrogens (tertiary/aromatic N) is 3. The number of piperidine rings is 1. The van der Waals surface area contributed by atoms with Crippen LogP contribution in [0.5, 0.6) is 0 Å². The summed E-state index contributed by atoms with van der Waals surface area (Å²) in [5.41, 5.74) is 2.77. The fraction of sp³-hybridized carbons (Fsp3) is 0.696. The number of thioether (sulfide) groups is 1. The molecule has 2 amide bonds. The average Bonchev–Trinajstić information content (AvgIpc) is 3.07. The minimum absolute atomic E-state index is 0. The van der Waals surface area contributed by atoms with E-state index in [1.54, 1.807) is 0 Å². The van der Waals surface area contributed by atoms with E-state index < -0.39 is 6.10 Å². The summed E-state index contributed by atoms with van der Waals surface area (Å²) in [5.74, 6) is 2.46. The first-order chi connectivity index (χ1) is 14.7. The lowest BCUT2D eigenvalue weighted by atomic mass is 10.00. The second-order valence-corrected chi connectivity index (χ2v) is 10.1. The van der Waals surface area contributed by atoms with Gasteiger partial charge in [-0.25, -0.2) is 4.79 Å². The third-order valence-corrected chi connectivity index (χ3v) is 7.67. The van der Waals surface area contributed by atoms with Gasteiger partial charge in [0.05, 0.1) is 6.10 Å². The Morgan fingerprint density at radius 1 is 1.13 bits per heavy atom. The van der Waals surface area contributed by atoms with Crippen molar-refractivity contribution in [3.63, 3.8) is 0 Å². The number of carbonyl (C=O) groups is 1. The molecule has 2 saturated heterocycles. The minimum atomic E-state index is -0.539. The van der Waals surface area contributed by atoms with Gasteiger partial charge in [0.15, 0.2) is 0 Å². The van der Waals surface area contributed by atoms with Gasteiger partial charge < -0.3 is 15.3 Å². The lowest BCUT2D eigenvalue weighted by molar-refractivity contribution is 0.0955. The Morgan fingerprint density at radius 2 is 1.97 bits per heavy atom. The molecular weight excluding hydrogens is 428 g/mol. The Hall–Kier alpha value is -0.930. The van der Waals surface area contributed by atoms with Crippen molar-refractivity contribution in [1.82, 2.24) is 20.0 Å². The van der Waals surface area contributed by atoms with Crippen molar-refractivity contribution >= 4 is 31.3 Å². The molecule has 2 fully saturated rings. The zero-order valence-corrected chi connectivity index (χ0v) is 20.3. The molecule has 0 radical (unpaired) electrons. The van der Waals surface area contributed by atoms with Crippen LogP contribution in [0.2, 0.25) is 0 Å². The second-order valence-electron chi connectivity index (χ2n) is 8.84. The van der Waals surface area contributed by atoms with Gasteiger partial charge in [0, 0.05) is 57.6 Å². The van der Waals surface area contributed by atoms with Crippen molar-refractivity contribution in [2.24, 2.45) is 0 Å². The van der Waals surface area contributed by atoms with Gasteiger partial charge in [0.1, 0.15) is 0 Å². The maximum Gasteiger partial charge on any atom is 0.317 e. The third kappa shape index (κ3) is 7.02. The van der Waals surface area contributed by atoms with Gasteiger partial charge in [0.2, 0.25) is 0 Å². The van der Waals surface area contributed by atoms with Crippen molar-refractivity contribution in [3.05, 3.63) is 35.4 Å². The van der Waals surface area contributed by atoms with Gasteiger partial charge in [-0.3, -0.25) is 9.80 Å². The van der Waals surface area contributed by atoms with Crippen LogP contribution >= 0.6 is 25.3 Å². The number of nitrogens with one attached hydrogen (secondary N) is 1.